The Kier molecular flexibility index (Phi) is 5.20. The maximum absolute atomic E-state index is 12.3. The van der Waals surface area contributed by atoms with Crippen LogP contribution in [0.15, 0.2) is 29.8 Å². The van der Waals surface area contributed by atoms with E-state index in [2.05, 4.69) is 4.74 Å². The summed E-state index contributed by atoms with van der Waals surface area (Å²) in [6.07, 6.45) is -3.88. The molecule has 0 radical (unpaired) electrons. The van der Waals surface area contributed by atoms with Gasteiger partial charge in [0.15, 0.2) is 0 Å². The monoisotopic (exact) mass is 313 g/mol. The van der Waals surface area contributed by atoms with Crippen molar-refractivity contribution in [3.05, 3.63) is 35.4 Å². The Balaban J connectivity index is 3.14. The maximum Gasteiger partial charge on any atom is 0.573 e. The number of hydrogen-bond donors (Lipinski definition) is 0. The van der Waals surface area contributed by atoms with E-state index in [1.807, 2.05) is 0 Å². The number of carbonyl (C=O) groups excluding carboxylic acids is 1. The lowest BCUT2D eigenvalue weighted by molar-refractivity contribution is -0.274. The molecule has 0 aromatic heterocycles. The molecule has 4 nitrogen and oxygen atoms in total. The molecule has 0 N–H and O–H groups in total. The Morgan fingerprint density at radius 2 is 1.82 bits per heavy atom. The topological polar surface area (TPSA) is 59.3 Å². The summed E-state index contributed by atoms with van der Waals surface area (Å²) in [5.74, 6) is -1.43. The normalized spacial score (nSPS) is 12.5. The smallest absolute Gasteiger partial charge is 0.456 e. The lowest BCUT2D eigenvalue weighted by Crippen LogP contribution is -2.24. The van der Waals surface area contributed by atoms with Crippen molar-refractivity contribution in [3.63, 3.8) is 0 Å². The summed E-state index contributed by atoms with van der Waals surface area (Å²) in [5.41, 5.74) is -1.30. The van der Waals surface area contributed by atoms with Gasteiger partial charge in [-0.3, -0.25) is 0 Å². The van der Waals surface area contributed by atoms with Gasteiger partial charge in [-0.25, -0.2) is 4.79 Å². The average molecular weight is 313 g/mol. The third kappa shape index (κ3) is 5.87. The van der Waals surface area contributed by atoms with Crippen molar-refractivity contribution in [2.45, 2.75) is 32.7 Å². The minimum atomic E-state index is -4.87. The van der Waals surface area contributed by atoms with Crippen molar-refractivity contribution in [1.82, 2.24) is 0 Å². The molecule has 0 amide bonds. The summed E-state index contributed by atoms with van der Waals surface area (Å²) in [6.45, 7) is 4.84. The van der Waals surface area contributed by atoms with Gasteiger partial charge in [0.05, 0.1) is 0 Å². The standard InChI is InChI=1S/C15H14F3NO3/c1-14(2,3)22-13(20)11(9-19)8-10-6-4-5-7-12(10)21-15(16,17)18/h4-8H,1-3H3/b11-8-. The fourth-order valence-electron chi connectivity index (χ4n) is 1.44. The highest BCUT2D eigenvalue weighted by atomic mass is 19.4. The third-order valence-electron chi connectivity index (χ3n) is 2.18. The number of esters is 1. The molecule has 1 aromatic rings. The van der Waals surface area contributed by atoms with E-state index in [-0.39, 0.29) is 5.56 Å². The van der Waals surface area contributed by atoms with Gasteiger partial charge in [0.1, 0.15) is 23.0 Å². The highest BCUT2D eigenvalue weighted by molar-refractivity contribution is 5.98. The van der Waals surface area contributed by atoms with Gasteiger partial charge in [-0.05, 0) is 32.9 Å². The molecule has 22 heavy (non-hydrogen) atoms. The number of ether oxygens (including phenoxy) is 2. The van der Waals surface area contributed by atoms with Gasteiger partial charge in [0, 0.05) is 5.56 Å². The minimum absolute atomic E-state index is 0.0535. The molecular formula is C15H14F3NO3. The van der Waals surface area contributed by atoms with Gasteiger partial charge in [-0.15, -0.1) is 13.2 Å². The first-order valence-electron chi connectivity index (χ1n) is 6.22. The SMILES string of the molecule is CC(C)(C)OC(=O)/C(C#N)=C\c1ccccc1OC(F)(F)F. The predicted octanol–water partition coefficient (Wildman–Crippen LogP) is 3.83. The lowest BCUT2D eigenvalue weighted by Gasteiger charge is -2.19. The van der Waals surface area contributed by atoms with Crippen LogP contribution in [-0.4, -0.2) is 17.9 Å². The van der Waals surface area contributed by atoms with E-state index < -0.39 is 29.3 Å². The minimum Gasteiger partial charge on any atom is -0.456 e. The Hall–Kier alpha value is -2.49. The lowest BCUT2D eigenvalue weighted by atomic mass is 10.1. The number of carbonyl (C=O) groups is 1. The number of para-hydroxylation sites is 1. The second-order valence-corrected chi connectivity index (χ2v) is 5.26. The number of benzene rings is 1. The van der Waals surface area contributed by atoms with Crippen LogP contribution in [-0.2, 0) is 9.53 Å². The van der Waals surface area contributed by atoms with Crippen molar-refractivity contribution in [3.8, 4) is 11.8 Å². The summed E-state index contributed by atoms with van der Waals surface area (Å²) in [5, 5.41) is 9.00. The van der Waals surface area contributed by atoms with Crippen LogP contribution in [0.1, 0.15) is 26.3 Å². The molecule has 0 heterocycles. The van der Waals surface area contributed by atoms with Crippen molar-refractivity contribution in [2.75, 3.05) is 0 Å². The summed E-state index contributed by atoms with van der Waals surface area (Å²) in [6, 6.07) is 6.80. The molecule has 0 unspecified atom stereocenters. The number of halogens is 3. The number of alkyl halides is 3. The number of nitrogens with zero attached hydrogens (tertiary/aromatic N) is 1. The molecule has 0 fully saturated rings. The Bertz CT molecular complexity index is 622. The van der Waals surface area contributed by atoms with Gasteiger partial charge in [-0.2, -0.15) is 5.26 Å². The summed E-state index contributed by atoms with van der Waals surface area (Å²) in [4.78, 5) is 11.8. The molecule has 0 spiro atoms. The molecule has 0 aliphatic rings. The zero-order chi connectivity index (χ0) is 17.0. The second kappa shape index (κ2) is 6.52. The van der Waals surface area contributed by atoms with E-state index in [0.29, 0.717) is 0 Å². The van der Waals surface area contributed by atoms with Gasteiger partial charge in [0.2, 0.25) is 0 Å². The molecule has 1 rings (SSSR count). The molecule has 7 heteroatoms. The summed E-state index contributed by atoms with van der Waals surface area (Å²) < 4.78 is 45.8. The molecule has 0 aliphatic heterocycles. The third-order valence-corrected chi connectivity index (χ3v) is 2.18. The molecule has 0 bridgehead atoms. The van der Waals surface area contributed by atoms with E-state index in [1.54, 1.807) is 26.8 Å². The van der Waals surface area contributed by atoms with E-state index in [4.69, 9.17) is 10.00 Å². The van der Waals surface area contributed by atoms with Crippen LogP contribution in [0.25, 0.3) is 6.08 Å². The summed E-state index contributed by atoms with van der Waals surface area (Å²) in [7, 11) is 0. The van der Waals surface area contributed by atoms with Crippen LogP contribution in [0.4, 0.5) is 13.2 Å². The van der Waals surface area contributed by atoms with Crippen LogP contribution in [0, 0.1) is 11.3 Å². The molecular weight excluding hydrogens is 299 g/mol. The Morgan fingerprint density at radius 3 is 2.32 bits per heavy atom. The zero-order valence-electron chi connectivity index (χ0n) is 12.2. The number of rotatable bonds is 3. The molecule has 118 valence electrons. The summed E-state index contributed by atoms with van der Waals surface area (Å²) >= 11 is 0. The highest BCUT2D eigenvalue weighted by Gasteiger charge is 2.32. The van der Waals surface area contributed by atoms with Gasteiger partial charge >= 0.3 is 12.3 Å². The Labute approximate surface area is 125 Å². The average Bonchev–Trinajstić information content (AvgIpc) is 2.33. The van der Waals surface area contributed by atoms with E-state index in [0.717, 1.165) is 12.1 Å². The Morgan fingerprint density at radius 1 is 1.23 bits per heavy atom. The zero-order valence-corrected chi connectivity index (χ0v) is 12.2. The second-order valence-electron chi connectivity index (χ2n) is 5.26. The van der Waals surface area contributed by atoms with Crippen LogP contribution >= 0.6 is 0 Å². The van der Waals surface area contributed by atoms with Crippen LogP contribution < -0.4 is 4.74 Å². The van der Waals surface area contributed by atoms with Crippen LogP contribution in [0.2, 0.25) is 0 Å². The molecule has 0 saturated heterocycles. The first-order valence-corrected chi connectivity index (χ1v) is 6.22. The van der Waals surface area contributed by atoms with Gasteiger partial charge in [-0.1, -0.05) is 18.2 Å². The van der Waals surface area contributed by atoms with E-state index in [1.165, 1.54) is 18.2 Å². The first-order chi connectivity index (χ1) is 10.0. The molecule has 0 atom stereocenters. The van der Waals surface area contributed by atoms with E-state index in [9.17, 15) is 18.0 Å². The van der Waals surface area contributed by atoms with Gasteiger partial charge in [0.25, 0.3) is 0 Å². The molecule has 0 aliphatic carbocycles. The number of hydrogen-bond acceptors (Lipinski definition) is 4. The van der Waals surface area contributed by atoms with Crippen molar-refractivity contribution in [2.24, 2.45) is 0 Å². The van der Waals surface area contributed by atoms with Crippen molar-refractivity contribution >= 4 is 12.0 Å². The number of nitriles is 1. The fraction of sp³-hybridized carbons (Fsp3) is 0.333. The largest absolute Gasteiger partial charge is 0.573 e. The van der Waals surface area contributed by atoms with Crippen molar-refractivity contribution in [1.29, 1.82) is 5.26 Å². The van der Waals surface area contributed by atoms with Crippen LogP contribution in [0.5, 0.6) is 5.75 Å². The molecule has 0 saturated carbocycles. The highest BCUT2D eigenvalue weighted by Crippen LogP contribution is 2.28. The van der Waals surface area contributed by atoms with E-state index >= 15 is 0 Å². The maximum atomic E-state index is 12.3. The molecule has 1 aromatic carbocycles. The van der Waals surface area contributed by atoms with Crippen molar-refractivity contribution < 1.29 is 27.4 Å². The quantitative estimate of drug-likeness (QED) is 0.483. The first kappa shape index (κ1) is 17.6. The van der Waals surface area contributed by atoms with Crippen LogP contribution in [0.3, 0.4) is 0 Å². The predicted molar refractivity (Wildman–Crippen MR) is 72.6 cm³/mol. The fourth-order valence-corrected chi connectivity index (χ4v) is 1.44. The van der Waals surface area contributed by atoms with Gasteiger partial charge < -0.3 is 9.47 Å².